The Kier molecular flexibility index (Phi) is 3.72. The normalized spacial score (nSPS) is 39.7. The molecule has 3 unspecified atom stereocenters. The van der Waals surface area contributed by atoms with E-state index >= 15 is 0 Å². The van der Waals surface area contributed by atoms with Gasteiger partial charge in [-0.15, -0.1) is 0 Å². The molecule has 2 aliphatic carbocycles. The first kappa shape index (κ1) is 12.0. The van der Waals surface area contributed by atoms with E-state index in [2.05, 4.69) is 17.1 Å². The molecule has 3 rings (SSSR count). The predicted octanol–water partition coefficient (Wildman–Crippen LogP) is 2.64. The molecule has 3 fully saturated rings. The summed E-state index contributed by atoms with van der Waals surface area (Å²) in [4.78, 5) is 2.72. The molecule has 2 saturated carbocycles. The van der Waals surface area contributed by atoms with Crippen LogP contribution in [0.1, 0.15) is 51.9 Å². The molecule has 0 aromatic heterocycles. The Morgan fingerprint density at radius 2 is 1.94 bits per heavy atom. The maximum absolute atomic E-state index is 3.79. The Hall–Kier alpha value is -0.0800. The summed E-state index contributed by atoms with van der Waals surface area (Å²) in [5.74, 6) is 1.98. The largest absolute Gasteiger partial charge is 0.310 e. The quantitative estimate of drug-likeness (QED) is 0.807. The van der Waals surface area contributed by atoms with Crippen LogP contribution in [0.25, 0.3) is 0 Å². The summed E-state index contributed by atoms with van der Waals surface area (Å²) in [7, 11) is 0. The lowest BCUT2D eigenvalue weighted by atomic mass is 9.82. The SMILES string of the molecule is CC1CCCC(CN2CCC(NC3CC3)C2)C1. The van der Waals surface area contributed by atoms with Gasteiger partial charge < -0.3 is 10.2 Å². The fourth-order valence-electron chi connectivity index (χ4n) is 3.81. The van der Waals surface area contributed by atoms with Crippen LogP contribution in [0.15, 0.2) is 0 Å². The summed E-state index contributed by atoms with van der Waals surface area (Å²) < 4.78 is 0. The molecule has 98 valence electrons. The van der Waals surface area contributed by atoms with Gasteiger partial charge in [-0.2, -0.15) is 0 Å². The molecule has 0 radical (unpaired) electrons. The molecule has 0 bridgehead atoms. The molecular weight excluding hydrogens is 208 g/mol. The van der Waals surface area contributed by atoms with Gasteiger partial charge in [0.05, 0.1) is 0 Å². The second-order valence-electron chi connectivity index (χ2n) is 6.82. The van der Waals surface area contributed by atoms with Gasteiger partial charge in [-0.25, -0.2) is 0 Å². The molecule has 0 aromatic rings. The highest BCUT2D eigenvalue weighted by molar-refractivity contribution is 4.90. The lowest BCUT2D eigenvalue weighted by Gasteiger charge is -2.30. The van der Waals surface area contributed by atoms with Crippen LogP contribution in [0.3, 0.4) is 0 Å². The highest BCUT2D eigenvalue weighted by atomic mass is 15.2. The molecule has 0 aromatic carbocycles. The van der Waals surface area contributed by atoms with Gasteiger partial charge in [-0.1, -0.05) is 19.8 Å². The lowest BCUT2D eigenvalue weighted by molar-refractivity contribution is 0.201. The van der Waals surface area contributed by atoms with Gasteiger partial charge in [0.1, 0.15) is 0 Å². The van der Waals surface area contributed by atoms with Crippen molar-refractivity contribution in [1.29, 1.82) is 0 Å². The monoisotopic (exact) mass is 236 g/mol. The van der Waals surface area contributed by atoms with E-state index in [4.69, 9.17) is 0 Å². The van der Waals surface area contributed by atoms with Crippen LogP contribution in [0, 0.1) is 11.8 Å². The van der Waals surface area contributed by atoms with Crippen LogP contribution < -0.4 is 5.32 Å². The molecule has 2 heteroatoms. The maximum Gasteiger partial charge on any atom is 0.0209 e. The van der Waals surface area contributed by atoms with E-state index in [0.29, 0.717) is 0 Å². The lowest BCUT2D eigenvalue weighted by Crippen LogP contribution is -2.36. The van der Waals surface area contributed by atoms with E-state index in [0.717, 1.165) is 23.9 Å². The van der Waals surface area contributed by atoms with Crippen LogP contribution in [0.2, 0.25) is 0 Å². The number of nitrogens with zero attached hydrogens (tertiary/aromatic N) is 1. The third kappa shape index (κ3) is 3.45. The van der Waals surface area contributed by atoms with Crippen molar-refractivity contribution in [3.8, 4) is 0 Å². The summed E-state index contributed by atoms with van der Waals surface area (Å²) >= 11 is 0. The van der Waals surface area contributed by atoms with Crippen molar-refractivity contribution in [1.82, 2.24) is 10.2 Å². The molecule has 3 atom stereocenters. The molecule has 1 heterocycles. The Labute approximate surface area is 106 Å². The van der Waals surface area contributed by atoms with Gasteiger partial charge in [0.25, 0.3) is 0 Å². The minimum absolute atomic E-state index is 0.809. The average molecular weight is 236 g/mol. The van der Waals surface area contributed by atoms with Crippen molar-refractivity contribution in [3.63, 3.8) is 0 Å². The molecule has 2 nitrogen and oxygen atoms in total. The van der Waals surface area contributed by atoms with Gasteiger partial charge in [-0.05, 0) is 50.5 Å². The van der Waals surface area contributed by atoms with Crippen molar-refractivity contribution >= 4 is 0 Å². The topological polar surface area (TPSA) is 15.3 Å². The maximum atomic E-state index is 3.79. The van der Waals surface area contributed by atoms with Crippen LogP contribution in [0.5, 0.6) is 0 Å². The van der Waals surface area contributed by atoms with E-state index < -0.39 is 0 Å². The number of likely N-dealkylation sites (tertiary alicyclic amines) is 1. The molecular formula is C15H28N2. The van der Waals surface area contributed by atoms with Gasteiger partial charge in [0.15, 0.2) is 0 Å². The molecule has 0 amide bonds. The minimum Gasteiger partial charge on any atom is -0.310 e. The number of nitrogens with one attached hydrogen (secondary N) is 1. The summed E-state index contributed by atoms with van der Waals surface area (Å²) in [6.07, 6.45) is 10.2. The van der Waals surface area contributed by atoms with Crippen molar-refractivity contribution in [2.24, 2.45) is 11.8 Å². The highest BCUT2D eigenvalue weighted by Gasteiger charge is 2.30. The molecule has 1 N–H and O–H groups in total. The Balaban J connectivity index is 1.40. The first-order valence-corrected chi connectivity index (χ1v) is 7.78. The average Bonchev–Trinajstić information content (AvgIpc) is 2.99. The van der Waals surface area contributed by atoms with E-state index in [1.807, 2.05) is 0 Å². The zero-order chi connectivity index (χ0) is 11.7. The molecule has 0 spiro atoms. The van der Waals surface area contributed by atoms with E-state index in [-0.39, 0.29) is 0 Å². The molecule has 1 saturated heterocycles. The summed E-state index contributed by atoms with van der Waals surface area (Å²) in [5.41, 5.74) is 0. The predicted molar refractivity (Wildman–Crippen MR) is 72.1 cm³/mol. The Bertz CT molecular complexity index is 249. The molecule has 17 heavy (non-hydrogen) atoms. The molecule has 1 aliphatic heterocycles. The van der Waals surface area contributed by atoms with E-state index in [1.165, 1.54) is 64.6 Å². The van der Waals surface area contributed by atoms with Crippen molar-refractivity contribution < 1.29 is 0 Å². The second-order valence-corrected chi connectivity index (χ2v) is 6.82. The van der Waals surface area contributed by atoms with Gasteiger partial charge >= 0.3 is 0 Å². The summed E-state index contributed by atoms with van der Waals surface area (Å²) in [5, 5.41) is 3.79. The fourth-order valence-corrected chi connectivity index (χ4v) is 3.81. The standard InChI is InChI=1S/C15H28N2/c1-12-3-2-4-13(9-12)10-17-8-7-15(11-17)16-14-5-6-14/h12-16H,2-11H2,1H3. The summed E-state index contributed by atoms with van der Waals surface area (Å²) in [6, 6.07) is 1.69. The van der Waals surface area contributed by atoms with Gasteiger partial charge in [-0.3, -0.25) is 0 Å². The fraction of sp³-hybridized carbons (Fsp3) is 1.00. The van der Waals surface area contributed by atoms with Crippen molar-refractivity contribution in [2.45, 2.75) is 64.0 Å². The van der Waals surface area contributed by atoms with Gasteiger partial charge in [0, 0.05) is 25.2 Å². The first-order valence-electron chi connectivity index (χ1n) is 7.78. The first-order chi connectivity index (χ1) is 8.29. The zero-order valence-corrected chi connectivity index (χ0v) is 11.3. The zero-order valence-electron chi connectivity index (χ0n) is 11.3. The number of hydrogen-bond donors (Lipinski definition) is 1. The Morgan fingerprint density at radius 3 is 2.71 bits per heavy atom. The third-order valence-electron chi connectivity index (χ3n) is 4.88. The smallest absolute Gasteiger partial charge is 0.0209 e. The van der Waals surface area contributed by atoms with Gasteiger partial charge in [0.2, 0.25) is 0 Å². The highest BCUT2D eigenvalue weighted by Crippen LogP contribution is 2.30. The van der Waals surface area contributed by atoms with Crippen LogP contribution >= 0.6 is 0 Å². The third-order valence-corrected chi connectivity index (χ3v) is 4.88. The minimum atomic E-state index is 0.809. The Morgan fingerprint density at radius 1 is 1.06 bits per heavy atom. The number of hydrogen-bond acceptors (Lipinski definition) is 2. The molecule has 3 aliphatic rings. The van der Waals surface area contributed by atoms with Crippen LogP contribution in [-0.4, -0.2) is 36.6 Å². The second kappa shape index (κ2) is 5.27. The van der Waals surface area contributed by atoms with E-state index in [1.54, 1.807) is 0 Å². The van der Waals surface area contributed by atoms with Crippen LogP contribution in [0.4, 0.5) is 0 Å². The summed E-state index contributed by atoms with van der Waals surface area (Å²) in [6.45, 7) is 6.48. The van der Waals surface area contributed by atoms with Crippen molar-refractivity contribution in [2.75, 3.05) is 19.6 Å². The van der Waals surface area contributed by atoms with Crippen molar-refractivity contribution in [3.05, 3.63) is 0 Å². The number of rotatable bonds is 4. The van der Waals surface area contributed by atoms with Crippen LogP contribution in [-0.2, 0) is 0 Å². The van der Waals surface area contributed by atoms with E-state index in [9.17, 15) is 0 Å².